The van der Waals surface area contributed by atoms with Crippen molar-refractivity contribution in [2.45, 2.75) is 39.7 Å². The molecule has 5 heteroatoms. The quantitative estimate of drug-likeness (QED) is 0.715. The van der Waals surface area contributed by atoms with Crippen LogP contribution >= 0.6 is 0 Å². The minimum Gasteiger partial charge on any atom is -0.337 e. The van der Waals surface area contributed by atoms with Crippen LogP contribution in [0.3, 0.4) is 0 Å². The molecule has 0 saturated heterocycles. The van der Waals surface area contributed by atoms with Gasteiger partial charge in [-0.15, -0.1) is 0 Å². The maximum absolute atomic E-state index is 5.30. The van der Waals surface area contributed by atoms with E-state index in [1.54, 1.807) is 0 Å². The summed E-state index contributed by atoms with van der Waals surface area (Å²) in [5.41, 5.74) is 2.14. The Bertz CT molecular complexity index is 714. The van der Waals surface area contributed by atoms with Crippen LogP contribution in [0.5, 0.6) is 0 Å². The SMILES string of the molecule is CCCc1nc2ccccc2n1Cc1nc(CC)no1. The molecule has 3 aromatic rings. The van der Waals surface area contributed by atoms with Gasteiger partial charge in [-0.3, -0.25) is 0 Å². The minimum absolute atomic E-state index is 0.586. The van der Waals surface area contributed by atoms with E-state index in [1.807, 2.05) is 25.1 Å². The lowest BCUT2D eigenvalue weighted by Crippen LogP contribution is -2.05. The predicted octanol–water partition coefficient (Wildman–Crippen LogP) is 2.98. The van der Waals surface area contributed by atoms with Crippen molar-refractivity contribution in [1.29, 1.82) is 0 Å². The molecule has 0 saturated carbocycles. The summed E-state index contributed by atoms with van der Waals surface area (Å²) in [6.07, 6.45) is 2.80. The van der Waals surface area contributed by atoms with E-state index in [4.69, 9.17) is 9.51 Å². The summed E-state index contributed by atoms with van der Waals surface area (Å²) < 4.78 is 7.47. The van der Waals surface area contributed by atoms with Gasteiger partial charge in [-0.1, -0.05) is 31.1 Å². The zero-order valence-corrected chi connectivity index (χ0v) is 11.8. The number of para-hydroxylation sites is 2. The van der Waals surface area contributed by atoms with Gasteiger partial charge in [0, 0.05) is 12.8 Å². The van der Waals surface area contributed by atoms with Gasteiger partial charge in [0.1, 0.15) is 12.4 Å². The third-order valence-electron chi connectivity index (χ3n) is 3.33. The van der Waals surface area contributed by atoms with E-state index < -0.39 is 0 Å². The molecule has 104 valence electrons. The molecule has 0 unspecified atom stereocenters. The number of hydrogen-bond acceptors (Lipinski definition) is 4. The number of imidazole rings is 1. The molecule has 0 aliphatic rings. The van der Waals surface area contributed by atoms with Gasteiger partial charge in [-0.25, -0.2) is 4.98 Å². The van der Waals surface area contributed by atoms with Crippen LogP contribution in [0.25, 0.3) is 11.0 Å². The first kappa shape index (κ1) is 12.8. The fourth-order valence-corrected chi connectivity index (χ4v) is 2.35. The Morgan fingerprint density at radius 3 is 2.75 bits per heavy atom. The number of hydrogen-bond donors (Lipinski definition) is 0. The van der Waals surface area contributed by atoms with Gasteiger partial charge >= 0.3 is 0 Å². The minimum atomic E-state index is 0.586. The molecule has 2 heterocycles. The molecule has 0 atom stereocenters. The van der Waals surface area contributed by atoms with Crippen LogP contribution in [0.4, 0.5) is 0 Å². The third-order valence-corrected chi connectivity index (χ3v) is 3.33. The summed E-state index contributed by atoms with van der Waals surface area (Å²) in [6, 6.07) is 8.16. The molecule has 0 radical (unpaired) electrons. The normalized spacial score (nSPS) is 11.3. The highest BCUT2D eigenvalue weighted by molar-refractivity contribution is 5.75. The Morgan fingerprint density at radius 1 is 1.15 bits per heavy atom. The number of fused-ring (bicyclic) bond motifs is 1. The zero-order chi connectivity index (χ0) is 13.9. The molecule has 5 nitrogen and oxygen atoms in total. The van der Waals surface area contributed by atoms with Crippen LogP contribution in [0.1, 0.15) is 37.8 Å². The average Bonchev–Trinajstić information content (AvgIpc) is 3.05. The van der Waals surface area contributed by atoms with Crippen LogP contribution in [0, 0.1) is 0 Å². The van der Waals surface area contributed by atoms with Crippen molar-refractivity contribution in [3.63, 3.8) is 0 Å². The third kappa shape index (κ3) is 2.31. The molecule has 0 aliphatic heterocycles. The summed E-state index contributed by atoms with van der Waals surface area (Å²) in [5.74, 6) is 2.47. The van der Waals surface area contributed by atoms with Gasteiger partial charge in [0.25, 0.3) is 0 Å². The standard InChI is InChI=1S/C15H18N4O/c1-3-7-14-16-11-8-5-6-9-12(11)19(14)10-15-17-13(4-2)18-20-15/h5-6,8-9H,3-4,7,10H2,1-2H3. The number of aryl methyl sites for hydroxylation is 2. The predicted molar refractivity (Wildman–Crippen MR) is 76.5 cm³/mol. The van der Waals surface area contributed by atoms with Crippen molar-refractivity contribution in [3.05, 3.63) is 41.8 Å². The molecule has 1 aromatic carbocycles. The summed E-state index contributed by atoms with van der Waals surface area (Å²) >= 11 is 0. The lowest BCUT2D eigenvalue weighted by molar-refractivity contribution is 0.366. The van der Waals surface area contributed by atoms with Gasteiger partial charge in [-0.2, -0.15) is 4.98 Å². The Balaban J connectivity index is 2.01. The molecule has 0 bridgehead atoms. The molecule has 3 rings (SSSR count). The Morgan fingerprint density at radius 2 is 2.00 bits per heavy atom. The highest BCUT2D eigenvalue weighted by atomic mass is 16.5. The first-order valence-electron chi connectivity index (χ1n) is 7.07. The van der Waals surface area contributed by atoms with Gasteiger partial charge in [0.15, 0.2) is 5.82 Å². The van der Waals surface area contributed by atoms with Crippen LogP contribution in [-0.4, -0.2) is 19.7 Å². The molecular formula is C15H18N4O. The van der Waals surface area contributed by atoms with Gasteiger partial charge < -0.3 is 9.09 Å². The molecule has 0 amide bonds. The number of nitrogens with zero attached hydrogens (tertiary/aromatic N) is 4. The van der Waals surface area contributed by atoms with E-state index >= 15 is 0 Å². The Kier molecular flexibility index (Phi) is 3.50. The summed E-state index contributed by atoms with van der Waals surface area (Å²) in [5, 5.41) is 3.95. The van der Waals surface area contributed by atoms with E-state index in [0.29, 0.717) is 12.4 Å². The highest BCUT2D eigenvalue weighted by Crippen LogP contribution is 2.18. The molecule has 0 aliphatic carbocycles. The van der Waals surface area contributed by atoms with Gasteiger partial charge in [0.2, 0.25) is 5.89 Å². The number of benzene rings is 1. The monoisotopic (exact) mass is 270 g/mol. The fourth-order valence-electron chi connectivity index (χ4n) is 2.35. The van der Waals surface area contributed by atoms with Gasteiger partial charge in [-0.05, 0) is 18.6 Å². The van der Waals surface area contributed by atoms with E-state index in [0.717, 1.165) is 41.9 Å². The molecule has 2 aromatic heterocycles. The Hall–Kier alpha value is -2.17. The van der Waals surface area contributed by atoms with Crippen LogP contribution in [0.15, 0.2) is 28.8 Å². The van der Waals surface area contributed by atoms with Crippen molar-refractivity contribution in [3.8, 4) is 0 Å². The lowest BCUT2D eigenvalue weighted by atomic mass is 10.3. The second-order valence-electron chi connectivity index (χ2n) is 4.81. The second-order valence-corrected chi connectivity index (χ2v) is 4.81. The largest absolute Gasteiger partial charge is 0.337 e. The van der Waals surface area contributed by atoms with E-state index in [-0.39, 0.29) is 0 Å². The first-order chi connectivity index (χ1) is 9.81. The molecule has 0 fully saturated rings. The maximum atomic E-state index is 5.30. The van der Waals surface area contributed by atoms with Crippen molar-refractivity contribution in [2.75, 3.05) is 0 Å². The Labute approximate surface area is 117 Å². The first-order valence-corrected chi connectivity index (χ1v) is 7.07. The summed E-state index contributed by atoms with van der Waals surface area (Å²) in [7, 11) is 0. The molecular weight excluding hydrogens is 252 g/mol. The van der Waals surface area contributed by atoms with Crippen molar-refractivity contribution in [1.82, 2.24) is 19.7 Å². The van der Waals surface area contributed by atoms with Gasteiger partial charge in [0.05, 0.1) is 11.0 Å². The molecule has 0 spiro atoms. The summed E-state index contributed by atoms with van der Waals surface area (Å²) in [4.78, 5) is 9.08. The highest BCUT2D eigenvalue weighted by Gasteiger charge is 2.13. The van der Waals surface area contributed by atoms with Crippen molar-refractivity contribution in [2.24, 2.45) is 0 Å². The van der Waals surface area contributed by atoms with Crippen molar-refractivity contribution < 1.29 is 4.52 Å². The average molecular weight is 270 g/mol. The lowest BCUT2D eigenvalue weighted by Gasteiger charge is -2.05. The fraction of sp³-hybridized carbons (Fsp3) is 0.400. The second kappa shape index (κ2) is 5.45. The van der Waals surface area contributed by atoms with Crippen LogP contribution < -0.4 is 0 Å². The van der Waals surface area contributed by atoms with E-state index in [1.165, 1.54) is 0 Å². The molecule has 20 heavy (non-hydrogen) atoms. The number of rotatable bonds is 5. The zero-order valence-electron chi connectivity index (χ0n) is 11.8. The number of aromatic nitrogens is 4. The smallest absolute Gasteiger partial charge is 0.246 e. The van der Waals surface area contributed by atoms with Crippen LogP contribution in [-0.2, 0) is 19.4 Å². The van der Waals surface area contributed by atoms with Crippen molar-refractivity contribution >= 4 is 11.0 Å². The van der Waals surface area contributed by atoms with Crippen LogP contribution in [0.2, 0.25) is 0 Å². The maximum Gasteiger partial charge on any atom is 0.246 e. The topological polar surface area (TPSA) is 56.7 Å². The molecule has 0 N–H and O–H groups in total. The van der Waals surface area contributed by atoms with E-state index in [2.05, 4.69) is 27.7 Å². The summed E-state index contributed by atoms with van der Waals surface area (Å²) in [6.45, 7) is 4.76. The van der Waals surface area contributed by atoms with E-state index in [9.17, 15) is 0 Å².